The minimum atomic E-state index is -0.141. The highest BCUT2D eigenvalue weighted by molar-refractivity contribution is 6.04. The van der Waals surface area contributed by atoms with Gasteiger partial charge in [-0.2, -0.15) is 0 Å². The molecule has 2 aromatic carbocycles. The van der Waals surface area contributed by atoms with Gasteiger partial charge >= 0.3 is 0 Å². The van der Waals surface area contributed by atoms with E-state index in [-0.39, 0.29) is 5.91 Å². The van der Waals surface area contributed by atoms with E-state index in [1.807, 2.05) is 30.3 Å². The molecule has 0 saturated heterocycles. The van der Waals surface area contributed by atoms with E-state index in [1.54, 1.807) is 18.3 Å². The molecule has 1 heterocycles. The van der Waals surface area contributed by atoms with Gasteiger partial charge in [0.2, 0.25) is 0 Å². The van der Waals surface area contributed by atoms with Crippen molar-refractivity contribution in [3.8, 4) is 0 Å². The molecule has 4 nitrogen and oxygen atoms in total. The highest BCUT2D eigenvalue weighted by atomic mass is 16.1. The molecule has 3 rings (SSSR count). The monoisotopic (exact) mass is 317 g/mol. The lowest BCUT2D eigenvalue weighted by atomic mass is 10.1. The number of hydrogen-bond donors (Lipinski definition) is 2. The van der Waals surface area contributed by atoms with Crippen molar-refractivity contribution in [3.63, 3.8) is 0 Å². The largest absolute Gasteiger partial charge is 0.366 e. The number of rotatable bonds is 5. The zero-order valence-electron chi connectivity index (χ0n) is 13.5. The van der Waals surface area contributed by atoms with E-state index < -0.39 is 0 Å². The fraction of sp³-hybridized carbons (Fsp3) is 0.100. The van der Waals surface area contributed by atoms with Crippen LogP contribution in [0.5, 0.6) is 0 Å². The third-order valence-corrected chi connectivity index (χ3v) is 3.65. The maximum atomic E-state index is 12.1. The number of anilines is 2. The van der Waals surface area contributed by atoms with Gasteiger partial charge in [-0.25, -0.2) is 4.98 Å². The quantitative estimate of drug-likeness (QED) is 0.739. The molecule has 0 unspecified atom stereocenters. The van der Waals surface area contributed by atoms with Gasteiger partial charge in [0.1, 0.15) is 5.82 Å². The second-order valence-corrected chi connectivity index (χ2v) is 5.59. The van der Waals surface area contributed by atoms with Crippen molar-refractivity contribution in [1.29, 1.82) is 0 Å². The van der Waals surface area contributed by atoms with Gasteiger partial charge in [0, 0.05) is 12.1 Å². The fourth-order valence-electron chi connectivity index (χ4n) is 2.26. The molecule has 1 amide bonds. The first-order valence-electron chi connectivity index (χ1n) is 7.82. The number of pyridine rings is 1. The van der Waals surface area contributed by atoms with Crippen LogP contribution in [-0.4, -0.2) is 10.9 Å². The Bertz CT molecular complexity index is 797. The summed E-state index contributed by atoms with van der Waals surface area (Å²) in [6, 6.07) is 21.2. The molecule has 2 N–H and O–H groups in total. The molecule has 24 heavy (non-hydrogen) atoms. The number of nitrogens with one attached hydrogen (secondary N) is 2. The van der Waals surface area contributed by atoms with Gasteiger partial charge in [-0.1, -0.05) is 48.0 Å². The van der Waals surface area contributed by atoms with Gasteiger partial charge in [-0.3, -0.25) is 4.79 Å². The van der Waals surface area contributed by atoms with Gasteiger partial charge in [-0.15, -0.1) is 0 Å². The number of nitrogens with zero attached hydrogens (tertiary/aromatic N) is 1. The van der Waals surface area contributed by atoms with Crippen LogP contribution in [0.3, 0.4) is 0 Å². The Kier molecular flexibility index (Phi) is 4.87. The number of hydrogen-bond acceptors (Lipinski definition) is 3. The lowest BCUT2D eigenvalue weighted by molar-refractivity contribution is 0.102. The molecule has 0 spiro atoms. The predicted molar refractivity (Wildman–Crippen MR) is 97.1 cm³/mol. The number of benzene rings is 2. The predicted octanol–water partition coefficient (Wildman–Crippen LogP) is 4.25. The second-order valence-electron chi connectivity index (χ2n) is 5.59. The molecular formula is C20H19N3O. The van der Waals surface area contributed by atoms with Crippen LogP contribution in [0.2, 0.25) is 0 Å². The molecule has 4 heteroatoms. The summed E-state index contributed by atoms with van der Waals surface area (Å²) >= 11 is 0. The van der Waals surface area contributed by atoms with E-state index in [9.17, 15) is 4.79 Å². The van der Waals surface area contributed by atoms with E-state index in [2.05, 4.69) is 46.8 Å². The number of amides is 1. The third-order valence-electron chi connectivity index (χ3n) is 3.65. The van der Waals surface area contributed by atoms with Crippen molar-refractivity contribution in [2.75, 3.05) is 10.6 Å². The summed E-state index contributed by atoms with van der Waals surface area (Å²) in [5.74, 6) is 0.631. The van der Waals surface area contributed by atoms with Crippen molar-refractivity contribution in [1.82, 2.24) is 4.98 Å². The minimum Gasteiger partial charge on any atom is -0.366 e. The zero-order chi connectivity index (χ0) is 16.8. The third kappa shape index (κ3) is 4.20. The molecule has 3 aromatic rings. The summed E-state index contributed by atoms with van der Waals surface area (Å²) in [6.07, 6.45) is 1.65. The van der Waals surface area contributed by atoms with E-state index >= 15 is 0 Å². The first kappa shape index (κ1) is 15.7. The zero-order valence-corrected chi connectivity index (χ0v) is 13.5. The summed E-state index contributed by atoms with van der Waals surface area (Å²) in [5.41, 5.74) is 3.74. The van der Waals surface area contributed by atoms with Gasteiger partial charge in [-0.05, 0) is 36.8 Å². The van der Waals surface area contributed by atoms with Crippen molar-refractivity contribution >= 4 is 17.4 Å². The highest BCUT2D eigenvalue weighted by Gasteiger charge is 2.05. The second kappa shape index (κ2) is 7.42. The van der Waals surface area contributed by atoms with Crippen molar-refractivity contribution < 1.29 is 4.79 Å². The molecule has 1 aromatic heterocycles. The Hall–Kier alpha value is -3.14. The topological polar surface area (TPSA) is 54.0 Å². The Balaban J connectivity index is 1.57. The number of carbonyl (C=O) groups is 1. The van der Waals surface area contributed by atoms with Crippen LogP contribution in [0, 0.1) is 6.92 Å². The summed E-state index contributed by atoms with van der Waals surface area (Å²) in [4.78, 5) is 16.4. The van der Waals surface area contributed by atoms with Gasteiger partial charge in [0.05, 0.1) is 11.9 Å². The molecular weight excluding hydrogens is 298 g/mol. The smallest absolute Gasteiger partial charge is 0.255 e. The van der Waals surface area contributed by atoms with E-state index in [0.717, 1.165) is 5.82 Å². The highest BCUT2D eigenvalue weighted by Crippen LogP contribution is 2.13. The number of aromatic nitrogens is 1. The van der Waals surface area contributed by atoms with Gasteiger partial charge < -0.3 is 10.6 Å². The Morgan fingerprint density at radius 1 is 0.958 bits per heavy atom. The molecule has 0 aliphatic heterocycles. The Labute approximate surface area is 141 Å². The lowest BCUT2D eigenvalue weighted by Crippen LogP contribution is -2.12. The van der Waals surface area contributed by atoms with Crippen molar-refractivity contribution in [2.24, 2.45) is 0 Å². The van der Waals surface area contributed by atoms with Crippen LogP contribution in [0.1, 0.15) is 21.5 Å². The Morgan fingerprint density at radius 3 is 2.38 bits per heavy atom. The normalized spacial score (nSPS) is 10.2. The summed E-state index contributed by atoms with van der Waals surface area (Å²) in [7, 11) is 0. The maximum Gasteiger partial charge on any atom is 0.255 e. The molecule has 0 radical (unpaired) electrons. The molecule has 0 fully saturated rings. The first-order chi connectivity index (χ1) is 11.7. The standard InChI is InChI=1S/C20H19N3O/c1-15-7-9-16(10-8-15)13-21-19-12-11-18(14-22-19)23-20(24)17-5-3-2-4-6-17/h2-12,14H,13H2,1H3,(H,21,22)(H,23,24). The molecule has 0 aliphatic rings. The molecule has 0 saturated carbocycles. The summed E-state index contributed by atoms with van der Waals surface area (Å²) in [5, 5.41) is 6.11. The van der Waals surface area contributed by atoms with E-state index in [1.165, 1.54) is 11.1 Å². The van der Waals surface area contributed by atoms with Crippen LogP contribution < -0.4 is 10.6 Å². The first-order valence-corrected chi connectivity index (χ1v) is 7.82. The SMILES string of the molecule is Cc1ccc(CNc2ccc(NC(=O)c3ccccc3)cn2)cc1. The molecule has 0 aliphatic carbocycles. The minimum absolute atomic E-state index is 0.141. The molecule has 0 bridgehead atoms. The van der Waals surface area contributed by atoms with Crippen molar-refractivity contribution in [2.45, 2.75) is 13.5 Å². The van der Waals surface area contributed by atoms with Crippen LogP contribution in [0.4, 0.5) is 11.5 Å². The van der Waals surface area contributed by atoms with E-state index in [4.69, 9.17) is 0 Å². The van der Waals surface area contributed by atoms with E-state index in [0.29, 0.717) is 17.8 Å². The average Bonchev–Trinajstić information content (AvgIpc) is 2.63. The van der Waals surface area contributed by atoms with Crippen LogP contribution in [-0.2, 0) is 6.54 Å². The average molecular weight is 317 g/mol. The number of aryl methyl sites for hydroxylation is 1. The Morgan fingerprint density at radius 2 is 1.71 bits per heavy atom. The van der Waals surface area contributed by atoms with Gasteiger partial charge in [0.25, 0.3) is 5.91 Å². The van der Waals surface area contributed by atoms with Crippen molar-refractivity contribution in [3.05, 3.63) is 89.6 Å². The van der Waals surface area contributed by atoms with Crippen LogP contribution >= 0.6 is 0 Å². The fourth-order valence-corrected chi connectivity index (χ4v) is 2.26. The summed E-state index contributed by atoms with van der Waals surface area (Å²) < 4.78 is 0. The molecule has 0 atom stereocenters. The van der Waals surface area contributed by atoms with Crippen LogP contribution in [0.15, 0.2) is 72.9 Å². The van der Waals surface area contributed by atoms with Gasteiger partial charge in [0.15, 0.2) is 0 Å². The molecule has 120 valence electrons. The number of carbonyl (C=O) groups excluding carboxylic acids is 1. The van der Waals surface area contributed by atoms with Crippen LogP contribution in [0.25, 0.3) is 0 Å². The summed E-state index contributed by atoms with van der Waals surface area (Å²) in [6.45, 7) is 2.78. The maximum absolute atomic E-state index is 12.1. The lowest BCUT2D eigenvalue weighted by Gasteiger charge is -2.08.